The van der Waals surface area contributed by atoms with E-state index in [0.29, 0.717) is 18.2 Å². The Morgan fingerprint density at radius 1 is 1.14 bits per heavy atom. The lowest BCUT2D eigenvalue weighted by atomic mass is 9.88. The van der Waals surface area contributed by atoms with Crippen molar-refractivity contribution in [3.05, 3.63) is 53.6 Å². The third-order valence-electron chi connectivity index (χ3n) is 3.85. The second kappa shape index (κ2) is 5.72. The molecule has 1 aliphatic heterocycles. The van der Waals surface area contributed by atoms with E-state index in [1.165, 1.54) is 0 Å². The van der Waals surface area contributed by atoms with Crippen LogP contribution in [0.25, 0.3) is 0 Å². The molecule has 0 radical (unpaired) electrons. The molecule has 1 aromatic rings. The van der Waals surface area contributed by atoms with Gasteiger partial charge in [-0.25, -0.2) is 4.99 Å². The number of phenolic OH excluding ortho intramolecular Hbond substituents is 1. The summed E-state index contributed by atoms with van der Waals surface area (Å²) in [7, 11) is 0. The van der Waals surface area contributed by atoms with Crippen molar-refractivity contribution in [3.63, 3.8) is 0 Å². The fourth-order valence-electron chi connectivity index (χ4n) is 2.55. The predicted octanol–water partition coefficient (Wildman–Crippen LogP) is 3.08. The SMILES string of the molecule is CC(C)C1=CC2C(=O)N=C(Cc3ccc(O)cc3)N=C2C=C1. The highest BCUT2D eigenvalue weighted by molar-refractivity contribution is 6.21. The summed E-state index contributed by atoms with van der Waals surface area (Å²) >= 11 is 0. The Morgan fingerprint density at radius 2 is 1.86 bits per heavy atom. The zero-order valence-corrected chi connectivity index (χ0v) is 12.7. The number of nitrogens with zero attached hydrogens (tertiary/aromatic N) is 2. The summed E-state index contributed by atoms with van der Waals surface area (Å²) < 4.78 is 0. The van der Waals surface area contributed by atoms with Crippen LogP contribution in [0.15, 0.2) is 58.1 Å². The molecule has 0 bridgehead atoms. The van der Waals surface area contributed by atoms with Crippen LogP contribution >= 0.6 is 0 Å². The van der Waals surface area contributed by atoms with E-state index in [9.17, 15) is 9.90 Å². The molecule has 0 aromatic heterocycles. The number of hydrogen-bond acceptors (Lipinski definition) is 3. The molecule has 3 rings (SSSR count). The van der Waals surface area contributed by atoms with Crippen molar-refractivity contribution in [1.82, 2.24) is 0 Å². The molecule has 2 aliphatic rings. The Morgan fingerprint density at radius 3 is 2.55 bits per heavy atom. The highest BCUT2D eigenvalue weighted by atomic mass is 16.3. The first-order valence-corrected chi connectivity index (χ1v) is 7.40. The van der Waals surface area contributed by atoms with Crippen LogP contribution in [0.2, 0.25) is 0 Å². The number of rotatable bonds is 3. The minimum atomic E-state index is -0.342. The average Bonchev–Trinajstić information content (AvgIpc) is 2.49. The third kappa shape index (κ3) is 2.91. The van der Waals surface area contributed by atoms with Gasteiger partial charge in [-0.15, -0.1) is 0 Å². The summed E-state index contributed by atoms with van der Waals surface area (Å²) in [6.45, 7) is 4.20. The summed E-state index contributed by atoms with van der Waals surface area (Å²) in [6.07, 6.45) is 6.39. The molecule has 1 amide bonds. The number of carbonyl (C=O) groups is 1. The zero-order valence-electron chi connectivity index (χ0n) is 12.7. The van der Waals surface area contributed by atoms with Gasteiger partial charge in [-0.3, -0.25) is 4.79 Å². The fourth-order valence-corrected chi connectivity index (χ4v) is 2.55. The number of allylic oxidation sites excluding steroid dienone is 3. The molecule has 0 spiro atoms. The van der Waals surface area contributed by atoms with E-state index in [4.69, 9.17) is 0 Å². The van der Waals surface area contributed by atoms with Crippen LogP contribution in [-0.4, -0.2) is 22.6 Å². The first kappa shape index (κ1) is 14.4. The second-order valence-electron chi connectivity index (χ2n) is 5.88. The number of amides is 1. The standard InChI is InChI=1S/C18H18N2O2/c1-11(2)13-5-8-16-15(10-13)18(22)20-17(19-16)9-12-3-6-14(21)7-4-12/h3-8,10-11,15,21H,9H2,1-2H3. The molecule has 112 valence electrons. The lowest BCUT2D eigenvalue weighted by molar-refractivity contribution is -0.118. The van der Waals surface area contributed by atoms with Crippen molar-refractivity contribution in [3.8, 4) is 5.75 Å². The van der Waals surface area contributed by atoms with Crippen molar-refractivity contribution >= 4 is 17.5 Å². The summed E-state index contributed by atoms with van der Waals surface area (Å²) in [5, 5.41) is 9.30. The lowest BCUT2D eigenvalue weighted by Gasteiger charge is -2.21. The largest absolute Gasteiger partial charge is 0.508 e. The quantitative estimate of drug-likeness (QED) is 0.931. The monoisotopic (exact) mass is 294 g/mol. The Kier molecular flexibility index (Phi) is 3.75. The molecular weight excluding hydrogens is 276 g/mol. The Hall–Kier alpha value is -2.49. The van der Waals surface area contributed by atoms with Crippen molar-refractivity contribution < 1.29 is 9.90 Å². The van der Waals surface area contributed by atoms with E-state index in [2.05, 4.69) is 23.8 Å². The number of aromatic hydroxyl groups is 1. The predicted molar refractivity (Wildman–Crippen MR) is 87.2 cm³/mol. The van der Waals surface area contributed by atoms with Crippen LogP contribution in [0.4, 0.5) is 0 Å². The topological polar surface area (TPSA) is 62.0 Å². The van der Waals surface area contributed by atoms with Gasteiger partial charge in [0.1, 0.15) is 17.5 Å². The van der Waals surface area contributed by atoms with E-state index in [1.54, 1.807) is 12.1 Å². The van der Waals surface area contributed by atoms with Gasteiger partial charge >= 0.3 is 0 Å². The highest BCUT2D eigenvalue weighted by Crippen LogP contribution is 2.24. The Bertz CT molecular complexity index is 722. The van der Waals surface area contributed by atoms with Gasteiger partial charge in [-0.1, -0.05) is 38.1 Å². The number of amidine groups is 1. The molecule has 4 nitrogen and oxygen atoms in total. The molecule has 1 aliphatic carbocycles. The zero-order chi connectivity index (χ0) is 15.7. The van der Waals surface area contributed by atoms with E-state index < -0.39 is 0 Å². The number of benzene rings is 1. The maximum absolute atomic E-state index is 12.3. The van der Waals surface area contributed by atoms with Crippen LogP contribution in [0.3, 0.4) is 0 Å². The fraction of sp³-hybridized carbons (Fsp3) is 0.278. The van der Waals surface area contributed by atoms with Gasteiger partial charge in [0.15, 0.2) is 0 Å². The maximum atomic E-state index is 12.3. The van der Waals surface area contributed by atoms with E-state index in [1.807, 2.05) is 30.4 Å². The first-order chi connectivity index (χ1) is 10.5. The summed E-state index contributed by atoms with van der Waals surface area (Å²) in [5.41, 5.74) is 2.87. The van der Waals surface area contributed by atoms with E-state index >= 15 is 0 Å². The van der Waals surface area contributed by atoms with Gasteiger partial charge in [0.05, 0.1) is 5.71 Å². The Balaban J connectivity index is 1.82. The molecule has 0 saturated heterocycles. The number of hydrogen-bond donors (Lipinski definition) is 1. The number of fused-ring (bicyclic) bond motifs is 1. The molecule has 4 heteroatoms. The lowest BCUT2D eigenvalue weighted by Crippen LogP contribution is -2.28. The third-order valence-corrected chi connectivity index (χ3v) is 3.85. The summed E-state index contributed by atoms with van der Waals surface area (Å²) in [6, 6.07) is 6.85. The van der Waals surface area contributed by atoms with Gasteiger partial charge in [0, 0.05) is 6.42 Å². The van der Waals surface area contributed by atoms with Crippen LogP contribution in [0.5, 0.6) is 5.75 Å². The number of carbonyl (C=O) groups excluding carboxylic acids is 1. The smallest absolute Gasteiger partial charge is 0.260 e. The van der Waals surface area contributed by atoms with E-state index in [0.717, 1.165) is 16.8 Å². The van der Waals surface area contributed by atoms with Crippen LogP contribution in [0, 0.1) is 11.8 Å². The highest BCUT2D eigenvalue weighted by Gasteiger charge is 2.28. The molecule has 1 heterocycles. The molecular formula is C18H18N2O2. The summed E-state index contributed by atoms with van der Waals surface area (Å²) in [4.78, 5) is 20.9. The van der Waals surface area contributed by atoms with Crippen molar-refractivity contribution in [2.45, 2.75) is 20.3 Å². The van der Waals surface area contributed by atoms with Gasteiger partial charge in [0.25, 0.3) is 5.91 Å². The molecule has 1 unspecified atom stereocenters. The molecule has 0 fully saturated rings. The molecule has 1 atom stereocenters. The normalized spacial score (nSPS) is 20.4. The van der Waals surface area contributed by atoms with Crippen LogP contribution < -0.4 is 0 Å². The minimum absolute atomic E-state index is 0.152. The molecule has 1 aromatic carbocycles. The molecule has 0 saturated carbocycles. The second-order valence-corrected chi connectivity index (χ2v) is 5.88. The van der Waals surface area contributed by atoms with Crippen LogP contribution in [0.1, 0.15) is 19.4 Å². The number of aliphatic imine (C=N–C) groups is 2. The van der Waals surface area contributed by atoms with Crippen molar-refractivity contribution in [2.24, 2.45) is 21.8 Å². The van der Waals surface area contributed by atoms with Gasteiger partial charge in [0.2, 0.25) is 0 Å². The van der Waals surface area contributed by atoms with Crippen LogP contribution in [-0.2, 0) is 11.2 Å². The van der Waals surface area contributed by atoms with Gasteiger partial charge in [-0.2, -0.15) is 4.99 Å². The van der Waals surface area contributed by atoms with Crippen molar-refractivity contribution in [1.29, 1.82) is 0 Å². The molecule has 22 heavy (non-hydrogen) atoms. The maximum Gasteiger partial charge on any atom is 0.260 e. The van der Waals surface area contributed by atoms with Gasteiger partial charge < -0.3 is 5.11 Å². The number of phenols is 1. The molecule has 1 N–H and O–H groups in total. The average molecular weight is 294 g/mol. The van der Waals surface area contributed by atoms with E-state index in [-0.39, 0.29) is 17.6 Å². The van der Waals surface area contributed by atoms with Gasteiger partial charge in [-0.05, 0) is 35.3 Å². The minimum Gasteiger partial charge on any atom is -0.508 e. The Labute approximate surface area is 129 Å². The summed E-state index contributed by atoms with van der Waals surface area (Å²) in [5.74, 6) is 0.631. The van der Waals surface area contributed by atoms with Crippen molar-refractivity contribution in [2.75, 3.05) is 0 Å². The first-order valence-electron chi connectivity index (χ1n) is 7.40.